The smallest absolute Gasteiger partial charge is 0.290 e. The monoisotopic (exact) mass is 454 g/mol. The van der Waals surface area contributed by atoms with Crippen molar-refractivity contribution in [2.45, 2.75) is 37.5 Å². The van der Waals surface area contributed by atoms with E-state index in [-0.39, 0.29) is 36.7 Å². The van der Waals surface area contributed by atoms with Gasteiger partial charge in [-0.2, -0.15) is 5.26 Å². The molecule has 11 heteroatoms. The van der Waals surface area contributed by atoms with Gasteiger partial charge in [-0.25, -0.2) is 4.98 Å². The van der Waals surface area contributed by atoms with E-state index < -0.39 is 23.9 Å². The van der Waals surface area contributed by atoms with Crippen LogP contribution >= 0.6 is 0 Å². The van der Waals surface area contributed by atoms with Crippen molar-refractivity contribution in [1.29, 1.82) is 5.26 Å². The number of carbonyl (C=O) groups is 3. The number of ether oxygens (including phenoxy) is 2. The Hall–Kier alpha value is -3.65. The largest absolute Gasteiger partial charge is 0.494 e. The van der Waals surface area contributed by atoms with E-state index in [1.54, 1.807) is 18.2 Å². The minimum Gasteiger partial charge on any atom is -0.494 e. The fraction of sp³-hybridized carbons (Fsp3) is 0.500. The Kier molecular flexibility index (Phi) is 6.46. The van der Waals surface area contributed by atoms with Crippen LogP contribution in [0.4, 0.5) is 0 Å². The molecule has 4 atom stereocenters. The Morgan fingerprint density at radius 2 is 2.21 bits per heavy atom. The number of hydrogen-bond donors (Lipinski definition) is 3. The van der Waals surface area contributed by atoms with Gasteiger partial charge in [-0.05, 0) is 25.0 Å². The number of methoxy groups -OCH3 is 2. The summed E-state index contributed by atoms with van der Waals surface area (Å²) < 4.78 is 10.7. The molecule has 0 saturated carbocycles. The van der Waals surface area contributed by atoms with E-state index in [4.69, 9.17) is 9.47 Å². The maximum Gasteiger partial charge on any atom is 0.290 e. The van der Waals surface area contributed by atoms with Gasteiger partial charge in [0.1, 0.15) is 23.3 Å². The van der Waals surface area contributed by atoms with Crippen LogP contribution in [0.5, 0.6) is 5.75 Å². The molecule has 2 aliphatic heterocycles. The lowest BCUT2D eigenvalue weighted by atomic mass is 9.99. The van der Waals surface area contributed by atoms with Crippen LogP contribution in [-0.4, -0.2) is 78.1 Å². The number of fused-ring (bicyclic) bond motifs is 1. The summed E-state index contributed by atoms with van der Waals surface area (Å²) in [5.74, 6) is -0.710. The summed E-state index contributed by atoms with van der Waals surface area (Å²) in [7, 11) is 3.05. The molecule has 2 aromatic rings. The number of aromatic nitrogens is 2. The van der Waals surface area contributed by atoms with Gasteiger partial charge in [-0.3, -0.25) is 14.4 Å². The van der Waals surface area contributed by atoms with Crippen LogP contribution in [0, 0.1) is 17.2 Å². The highest BCUT2D eigenvalue weighted by molar-refractivity contribution is 5.98. The molecule has 0 radical (unpaired) electrons. The van der Waals surface area contributed by atoms with Gasteiger partial charge in [0.15, 0.2) is 5.82 Å². The molecule has 3 amide bonds. The van der Waals surface area contributed by atoms with Crippen molar-refractivity contribution in [1.82, 2.24) is 25.5 Å². The molecule has 1 unspecified atom stereocenters. The number of likely N-dealkylation sites (tertiary alicyclic amines) is 1. The predicted molar refractivity (Wildman–Crippen MR) is 116 cm³/mol. The fourth-order valence-corrected chi connectivity index (χ4v) is 4.42. The van der Waals surface area contributed by atoms with Crippen molar-refractivity contribution in [3.63, 3.8) is 0 Å². The number of benzene rings is 1. The summed E-state index contributed by atoms with van der Waals surface area (Å²) in [5.41, 5.74) is 1.16. The first kappa shape index (κ1) is 22.5. The first-order valence-electron chi connectivity index (χ1n) is 10.8. The van der Waals surface area contributed by atoms with E-state index >= 15 is 0 Å². The summed E-state index contributed by atoms with van der Waals surface area (Å²) in [4.78, 5) is 47.0. The zero-order valence-corrected chi connectivity index (χ0v) is 18.5. The normalized spacial score (nSPS) is 23.2. The average molecular weight is 454 g/mol. The Morgan fingerprint density at radius 3 is 2.88 bits per heavy atom. The van der Waals surface area contributed by atoms with Crippen molar-refractivity contribution < 1.29 is 23.9 Å². The number of nitrogens with zero attached hydrogens (tertiary/aromatic N) is 3. The van der Waals surface area contributed by atoms with Gasteiger partial charge in [0, 0.05) is 32.5 Å². The van der Waals surface area contributed by atoms with Gasteiger partial charge in [-0.1, -0.05) is 6.07 Å². The highest BCUT2D eigenvalue weighted by atomic mass is 16.5. The average Bonchev–Trinajstić information content (AvgIpc) is 3.55. The number of nitrogens with one attached hydrogen (secondary N) is 3. The molecule has 174 valence electrons. The van der Waals surface area contributed by atoms with Crippen molar-refractivity contribution in [2.75, 3.05) is 27.3 Å². The third-order valence-corrected chi connectivity index (χ3v) is 6.21. The minimum absolute atomic E-state index is 0.0866. The van der Waals surface area contributed by atoms with Gasteiger partial charge >= 0.3 is 0 Å². The highest BCUT2D eigenvalue weighted by Crippen LogP contribution is 2.26. The van der Waals surface area contributed by atoms with Crippen LogP contribution in [-0.2, 0) is 14.3 Å². The molecular weight excluding hydrogens is 428 g/mol. The molecule has 33 heavy (non-hydrogen) atoms. The Labute approximate surface area is 190 Å². The number of rotatable bonds is 7. The number of carbonyl (C=O) groups excluding carboxylic acids is 3. The van der Waals surface area contributed by atoms with Gasteiger partial charge < -0.3 is 30.0 Å². The van der Waals surface area contributed by atoms with E-state index in [9.17, 15) is 19.6 Å². The number of aromatic amines is 1. The van der Waals surface area contributed by atoms with E-state index in [0.717, 1.165) is 0 Å². The second-order valence-electron chi connectivity index (χ2n) is 8.21. The first-order chi connectivity index (χ1) is 15.9. The molecule has 2 fully saturated rings. The first-order valence-corrected chi connectivity index (χ1v) is 10.8. The van der Waals surface area contributed by atoms with E-state index in [1.807, 2.05) is 0 Å². The Morgan fingerprint density at radius 1 is 1.39 bits per heavy atom. The van der Waals surface area contributed by atoms with E-state index in [1.165, 1.54) is 19.1 Å². The molecule has 2 aliphatic rings. The third-order valence-electron chi connectivity index (χ3n) is 6.21. The van der Waals surface area contributed by atoms with Crippen LogP contribution in [0.1, 0.15) is 29.9 Å². The van der Waals surface area contributed by atoms with Gasteiger partial charge in [-0.15, -0.1) is 0 Å². The number of imidazole rings is 1. The molecule has 1 aromatic carbocycles. The van der Waals surface area contributed by atoms with Crippen LogP contribution in [0.2, 0.25) is 0 Å². The van der Waals surface area contributed by atoms with Gasteiger partial charge in [0.2, 0.25) is 11.8 Å². The summed E-state index contributed by atoms with van der Waals surface area (Å²) in [6.07, 6.45) is 0.818. The second kappa shape index (κ2) is 9.46. The van der Waals surface area contributed by atoms with Crippen molar-refractivity contribution >= 4 is 28.8 Å². The SMILES string of the molecule is COc1cccc2[nH]c(C(=O)N3C[C@H](OC)CC3C(=O)N[C@H](C#N)C[C@@H]3CCNC3=O)nc12. The molecule has 0 aliphatic carbocycles. The van der Waals surface area contributed by atoms with Crippen molar-refractivity contribution in [3.8, 4) is 11.8 Å². The minimum atomic E-state index is -0.833. The second-order valence-corrected chi connectivity index (χ2v) is 8.21. The molecule has 1 aromatic heterocycles. The van der Waals surface area contributed by atoms with Crippen molar-refractivity contribution in [3.05, 3.63) is 24.0 Å². The molecule has 3 heterocycles. The standard InChI is InChI=1S/C22H26N6O5/c1-32-14-9-16(21(30)25-13(10-23)8-12-6-7-24-20(12)29)28(11-14)22(31)19-26-15-4-3-5-17(33-2)18(15)27-19/h3-5,12-14,16H,6-9,11H2,1-2H3,(H,24,29)(H,25,30)(H,26,27)/t12-,13-,14+,16?/m0/s1. The summed E-state index contributed by atoms with van der Waals surface area (Å²) >= 11 is 0. The van der Waals surface area contributed by atoms with E-state index in [0.29, 0.717) is 36.2 Å². The Bertz CT molecular complexity index is 1110. The number of nitriles is 1. The zero-order valence-electron chi connectivity index (χ0n) is 18.5. The summed E-state index contributed by atoms with van der Waals surface area (Å²) in [6.45, 7) is 0.780. The maximum atomic E-state index is 13.3. The van der Waals surface area contributed by atoms with Crippen LogP contribution < -0.4 is 15.4 Å². The lowest BCUT2D eigenvalue weighted by Crippen LogP contribution is -2.49. The molecule has 0 bridgehead atoms. The molecule has 2 saturated heterocycles. The van der Waals surface area contributed by atoms with Crippen LogP contribution in [0.15, 0.2) is 18.2 Å². The maximum absolute atomic E-state index is 13.3. The molecule has 0 spiro atoms. The quantitative estimate of drug-likeness (QED) is 0.546. The zero-order chi connectivity index (χ0) is 23.5. The van der Waals surface area contributed by atoms with Crippen molar-refractivity contribution in [2.24, 2.45) is 5.92 Å². The van der Waals surface area contributed by atoms with Gasteiger partial charge in [0.05, 0.1) is 24.8 Å². The molecule has 3 N–H and O–H groups in total. The van der Waals surface area contributed by atoms with Crippen LogP contribution in [0.25, 0.3) is 11.0 Å². The predicted octanol–water partition coefficient (Wildman–Crippen LogP) is 0.336. The third kappa shape index (κ3) is 4.47. The summed E-state index contributed by atoms with van der Waals surface area (Å²) in [5, 5.41) is 14.9. The van der Waals surface area contributed by atoms with E-state index in [2.05, 4.69) is 26.7 Å². The topological polar surface area (TPSA) is 149 Å². The summed E-state index contributed by atoms with van der Waals surface area (Å²) in [6, 6.07) is 5.71. The molecule has 11 nitrogen and oxygen atoms in total. The lowest BCUT2D eigenvalue weighted by Gasteiger charge is -2.24. The Balaban J connectivity index is 1.52. The van der Waals surface area contributed by atoms with Crippen LogP contribution in [0.3, 0.4) is 0 Å². The number of H-pyrrole nitrogens is 1. The number of para-hydroxylation sites is 1. The fourth-order valence-electron chi connectivity index (χ4n) is 4.42. The number of hydrogen-bond acceptors (Lipinski definition) is 7. The number of amides is 3. The van der Waals surface area contributed by atoms with Gasteiger partial charge in [0.25, 0.3) is 5.91 Å². The lowest BCUT2D eigenvalue weighted by molar-refractivity contribution is -0.126. The highest BCUT2D eigenvalue weighted by Gasteiger charge is 2.42. The molecule has 4 rings (SSSR count). The molecular formula is C22H26N6O5.